The number of hydrogen-bond donors (Lipinski definition) is 1. The van der Waals surface area contributed by atoms with Crippen LogP contribution >= 0.6 is 0 Å². The largest absolute Gasteiger partial charge is 0.494 e. The molecule has 0 aromatic heterocycles. The number of hydrogen-bond acceptors (Lipinski definition) is 3. The van der Waals surface area contributed by atoms with E-state index in [0.29, 0.717) is 0 Å². The minimum absolute atomic E-state index is 0.332. The van der Waals surface area contributed by atoms with Gasteiger partial charge in [0, 0.05) is 0 Å². The average Bonchev–Trinajstić information content (AvgIpc) is 2.56. The van der Waals surface area contributed by atoms with E-state index in [4.69, 9.17) is 9.31 Å². The molecule has 3 rings (SSSR count). The van der Waals surface area contributed by atoms with Gasteiger partial charge in [0.05, 0.1) is 16.8 Å². The summed E-state index contributed by atoms with van der Waals surface area (Å²) >= 11 is 0. The molecule has 2 aliphatic rings. The number of rotatable bonds is 2. The molecule has 4 heteroatoms. The van der Waals surface area contributed by atoms with Gasteiger partial charge in [-0.15, -0.1) is 0 Å². The highest BCUT2D eigenvalue weighted by Crippen LogP contribution is 2.41. The zero-order chi connectivity index (χ0) is 14.6. The third-order valence-corrected chi connectivity index (χ3v) is 5.13. The van der Waals surface area contributed by atoms with Crippen molar-refractivity contribution in [2.75, 3.05) is 0 Å². The van der Waals surface area contributed by atoms with E-state index in [-0.39, 0.29) is 18.3 Å². The molecule has 20 heavy (non-hydrogen) atoms. The molecule has 0 atom stereocenters. The third-order valence-electron chi connectivity index (χ3n) is 5.13. The molecule has 0 spiro atoms. The Bertz CT molecular complexity index is 504. The molecular weight excluding hydrogens is 251 g/mol. The standard InChI is InChI=1S/C16H23BO3/c1-14(2)15(3,4)20-17(19-14)13-8-5-7-12(11-13)16(18)9-6-10-16/h5,7-8,11,18H,6,9-10H2,1-4H3. The van der Waals surface area contributed by atoms with Crippen molar-refractivity contribution in [3.63, 3.8) is 0 Å². The van der Waals surface area contributed by atoms with E-state index in [1.165, 1.54) is 0 Å². The zero-order valence-electron chi connectivity index (χ0n) is 12.8. The van der Waals surface area contributed by atoms with E-state index in [0.717, 1.165) is 30.3 Å². The van der Waals surface area contributed by atoms with Gasteiger partial charge >= 0.3 is 7.12 Å². The SMILES string of the molecule is CC1(C)OB(c2cccc(C3(O)CCC3)c2)OC1(C)C. The molecule has 3 nitrogen and oxygen atoms in total. The first-order valence-corrected chi connectivity index (χ1v) is 7.42. The lowest BCUT2D eigenvalue weighted by Crippen LogP contribution is -2.41. The van der Waals surface area contributed by atoms with Crippen LogP contribution in [0.2, 0.25) is 0 Å². The molecule has 108 valence electrons. The predicted molar refractivity (Wildman–Crippen MR) is 79.9 cm³/mol. The first-order chi connectivity index (χ1) is 9.24. The van der Waals surface area contributed by atoms with Crippen LogP contribution in [0.4, 0.5) is 0 Å². The van der Waals surface area contributed by atoms with Crippen LogP contribution < -0.4 is 5.46 Å². The Morgan fingerprint density at radius 1 is 1.05 bits per heavy atom. The summed E-state index contributed by atoms with van der Waals surface area (Å²) in [7, 11) is -0.358. The average molecular weight is 274 g/mol. The molecular formula is C16H23BO3. The van der Waals surface area contributed by atoms with Crippen molar-refractivity contribution >= 4 is 12.6 Å². The van der Waals surface area contributed by atoms with E-state index in [2.05, 4.69) is 27.7 Å². The maximum absolute atomic E-state index is 10.5. The van der Waals surface area contributed by atoms with E-state index < -0.39 is 5.60 Å². The molecule has 0 radical (unpaired) electrons. The maximum Gasteiger partial charge on any atom is 0.494 e. The summed E-state index contributed by atoms with van der Waals surface area (Å²) in [6.45, 7) is 8.21. The Hall–Kier alpha value is -0.835. The fraction of sp³-hybridized carbons (Fsp3) is 0.625. The monoisotopic (exact) mass is 274 g/mol. The Morgan fingerprint density at radius 2 is 1.65 bits per heavy atom. The van der Waals surface area contributed by atoms with Crippen molar-refractivity contribution in [3.8, 4) is 0 Å². The van der Waals surface area contributed by atoms with Crippen LogP contribution in [-0.2, 0) is 14.9 Å². The van der Waals surface area contributed by atoms with E-state index >= 15 is 0 Å². The van der Waals surface area contributed by atoms with Crippen LogP contribution in [0.3, 0.4) is 0 Å². The molecule has 1 aliphatic heterocycles. The Labute approximate surface area is 121 Å². The van der Waals surface area contributed by atoms with Crippen LogP contribution in [0.15, 0.2) is 24.3 Å². The highest BCUT2D eigenvalue weighted by Gasteiger charge is 2.52. The topological polar surface area (TPSA) is 38.7 Å². The van der Waals surface area contributed by atoms with Crippen molar-refractivity contribution in [1.29, 1.82) is 0 Å². The van der Waals surface area contributed by atoms with Gasteiger partial charge in [0.25, 0.3) is 0 Å². The summed E-state index contributed by atoms with van der Waals surface area (Å²) in [6, 6.07) is 8.01. The summed E-state index contributed by atoms with van der Waals surface area (Å²) in [5.41, 5.74) is 0.666. The van der Waals surface area contributed by atoms with Crippen molar-refractivity contribution in [2.45, 2.75) is 63.8 Å². The first kappa shape index (κ1) is 14.1. The van der Waals surface area contributed by atoms with Gasteiger partial charge in [-0.25, -0.2) is 0 Å². The molecule has 1 saturated heterocycles. The summed E-state index contributed by atoms with van der Waals surface area (Å²) < 4.78 is 12.1. The van der Waals surface area contributed by atoms with Gasteiger partial charge in [-0.3, -0.25) is 0 Å². The summed E-state index contributed by atoms with van der Waals surface area (Å²) in [6.07, 6.45) is 2.79. The van der Waals surface area contributed by atoms with Gasteiger partial charge in [0.15, 0.2) is 0 Å². The Morgan fingerprint density at radius 3 is 2.15 bits per heavy atom. The van der Waals surface area contributed by atoms with Crippen LogP contribution in [0, 0.1) is 0 Å². The molecule has 1 saturated carbocycles. The van der Waals surface area contributed by atoms with Crippen molar-refractivity contribution in [1.82, 2.24) is 0 Å². The molecule has 1 aliphatic carbocycles. The minimum Gasteiger partial charge on any atom is -0.399 e. The first-order valence-electron chi connectivity index (χ1n) is 7.42. The van der Waals surface area contributed by atoms with Gasteiger partial charge in [-0.2, -0.15) is 0 Å². The second-order valence-electron chi connectivity index (χ2n) is 7.10. The quantitative estimate of drug-likeness (QED) is 0.841. The molecule has 1 N–H and O–H groups in total. The Kier molecular flexibility index (Phi) is 3.05. The van der Waals surface area contributed by atoms with Gasteiger partial charge in [0.1, 0.15) is 0 Å². The highest BCUT2D eigenvalue weighted by molar-refractivity contribution is 6.62. The third kappa shape index (κ3) is 2.10. The normalized spacial score (nSPS) is 26.4. The van der Waals surface area contributed by atoms with Crippen molar-refractivity contribution in [2.24, 2.45) is 0 Å². The van der Waals surface area contributed by atoms with Gasteiger partial charge in [-0.05, 0) is 58.0 Å². The van der Waals surface area contributed by atoms with E-state index in [9.17, 15) is 5.11 Å². The molecule has 0 unspecified atom stereocenters. The summed E-state index contributed by atoms with van der Waals surface area (Å²) in [5.74, 6) is 0. The van der Waals surface area contributed by atoms with Gasteiger partial charge in [-0.1, -0.05) is 24.3 Å². The smallest absolute Gasteiger partial charge is 0.399 e. The molecule has 0 amide bonds. The highest BCUT2D eigenvalue weighted by atomic mass is 16.7. The van der Waals surface area contributed by atoms with Crippen LogP contribution in [0.1, 0.15) is 52.5 Å². The van der Waals surface area contributed by atoms with Crippen LogP contribution in [0.25, 0.3) is 0 Å². The number of benzene rings is 1. The molecule has 1 aromatic carbocycles. The van der Waals surface area contributed by atoms with E-state index in [1.807, 2.05) is 24.3 Å². The minimum atomic E-state index is -0.639. The van der Waals surface area contributed by atoms with Crippen molar-refractivity contribution < 1.29 is 14.4 Å². The zero-order valence-corrected chi connectivity index (χ0v) is 12.8. The Balaban J connectivity index is 1.87. The van der Waals surface area contributed by atoms with Crippen LogP contribution in [-0.4, -0.2) is 23.4 Å². The molecule has 2 fully saturated rings. The maximum atomic E-state index is 10.5. The lowest BCUT2D eigenvalue weighted by molar-refractivity contribution is -0.0387. The van der Waals surface area contributed by atoms with Gasteiger partial charge in [0.2, 0.25) is 0 Å². The summed E-state index contributed by atoms with van der Waals surface area (Å²) in [5, 5.41) is 10.5. The van der Waals surface area contributed by atoms with E-state index in [1.54, 1.807) is 0 Å². The fourth-order valence-electron chi connectivity index (χ4n) is 2.75. The lowest BCUT2D eigenvalue weighted by atomic mass is 9.71. The molecule has 0 bridgehead atoms. The van der Waals surface area contributed by atoms with Gasteiger partial charge < -0.3 is 14.4 Å². The second kappa shape index (κ2) is 4.33. The molecule has 1 heterocycles. The second-order valence-corrected chi connectivity index (χ2v) is 7.10. The van der Waals surface area contributed by atoms with Crippen molar-refractivity contribution in [3.05, 3.63) is 29.8 Å². The van der Waals surface area contributed by atoms with Crippen LogP contribution in [0.5, 0.6) is 0 Å². The number of aliphatic hydroxyl groups is 1. The predicted octanol–water partition coefficient (Wildman–Crippen LogP) is 2.36. The fourth-order valence-corrected chi connectivity index (χ4v) is 2.75. The lowest BCUT2D eigenvalue weighted by Gasteiger charge is -2.37. The summed E-state index contributed by atoms with van der Waals surface area (Å²) in [4.78, 5) is 0. The molecule has 1 aromatic rings.